The van der Waals surface area contributed by atoms with Gasteiger partial charge in [-0.05, 0) is 34.1 Å². The third kappa shape index (κ3) is 2.42. The minimum Gasteiger partial charge on any atom is -0.477 e. The Morgan fingerprint density at radius 2 is 2.06 bits per heavy atom. The van der Waals surface area contributed by atoms with Crippen LogP contribution in [0.1, 0.15) is 10.5 Å². The van der Waals surface area contributed by atoms with E-state index in [2.05, 4.69) is 25.6 Å². The first kappa shape index (κ1) is 11.9. The summed E-state index contributed by atoms with van der Waals surface area (Å²) in [5.74, 6) is -1.07. The first-order chi connectivity index (χ1) is 7.97. The summed E-state index contributed by atoms with van der Waals surface area (Å²) in [6.45, 7) is 0. The zero-order chi connectivity index (χ0) is 12.6. The summed E-state index contributed by atoms with van der Waals surface area (Å²) in [6.07, 6.45) is 0. The molecule has 6 nitrogen and oxygen atoms in total. The van der Waals surface area contributed by atoms with Crippen molar-refractivity contribution < 1.29 is 18.3 Å². The van der Waals surface area contributed by atoms with Gasteiger partial charge in [0.15, 0.2) is 0 Å². The predicted molar refractivity (Wildman–Crippen MR) is 66.9 cm³/mol. The quantitative estimate of drug-likeness (QED) is 0.645. The molecule has 0 saturated heterocycles. The molecule has 3 N–H and O–H groups in total. The van der Waals surface area contributed by atoms with Gasteiger partial charge in [-0.1, -0.05) is 0 Å². The highest BCUT2D eigenvalue weighted by atomic mass is 79.9. The fourth-order valence-electron chi connectivity index (χ4n) is 1.45. The summed E-state index contributed by atoms with van der Waals surface area (Å²) < 4.78 is 23.9. The van der Waals surface area contributed by atoms with E-state index in [1.807, 2.05) is 0 Å². The second kappa shape index (κ2) is 4.38. The summed E-state index contributed by atoms with van der Waals surface area (Å²) in [5, 5.41) is 9.50. The molecule has 0 radical (unpaired) electrons. The number of benzene rings is 1. The molecule has 8 heteroatoms. The summed E-state index contributed by atoms with van der Waals surface area (Å²) in [7, 11) is -2.76. The third-order valence-electron chi connectivity index (χ3n) is 2.15. The van der Waals surface area contributed by atoms with Crippen molar-refractivity contribution in [3.63, 3.8) is 0 Å². The smallest absolute Gasteiger partial charge is 0.352 e. The van der Waals surface area contributed by atoms with Crippen molar-refractivity contribution in [2.24, 2.45) is 0 Å². The van der Waals surface area contributed by atoms with E-state index in [9.17, 15) is 13.2 Å². The van der Waals surface area contributed by atoms with Crippen molar-refractivity contribution >= 4 is 49.4 Å². The van der Waals surface area contributed by atoms with Gasteiger partial charge in [-0.15, -0.1) is 0 Å². The van der Waals surface area contributed by atoms with Crippen LogP contribution in [0.2, 0.25) is 0 Å². The summed E-state index contributed by atoms with van der Waals surface area (Å²) >= 11 is 3.20. The maximum atomic E-state index is 10.8. The minimum absolute atomic E-state index is 0.0514. The van der Waals surface area contributed by atoms with Crippen molar-refractivity contribution in [2.45, 2.75) is 0 Å². The van der Waals surface area contributed by atoms with Crippen molar-refractivity contribution in [3.8, 4) is 0 Å². The lowest BCUT2D eigenvalue weighted by molar-refractivity contribution is 0.0691. The maximum absolute atomic E-state index is 10.8. The number of carboxylic acid groups (broad SMARTS) is 1. The number of carbonyl (C=O) groups is 1. The van der Waals surface area contributed by atoms with E-state index < -0.39 is 16.9 Å². The Labute approximate surface area is 106 Å². The van der Waals surface area contributed by atoms with Crippen LogP contribution in [-0.2, 0) is 10.9 Å². The topological polar surface area (TPSA) is 99.3 Å². The van der Waals surface area contributed by atoms with Gasteiger partial charge in [-0.2, -0.15) is 0 Å². The van der Waals surface area contributed by atoms with Crippen LogP contribution >= 0.6 is 15.9 Å². The van der Waals surface area contributed by atoms with Crippen molar-refractivity contribution in [1.29, 1.82) is 0 Å². The zero-order valence-electron chi connectivity index (χ0n) is 8.23. The largest absolute Gasteiger partial charge is 0.477 e. The Balaban J connectivity index is 2.59. The van der Waals surface area contributed by atoms with Gasteiger partial charge in [0.05, 0.1) is 5.69 Å². The van der Waals surface area contributed by atoms with Crippen LogP contribution in [0.25, 0.3) is 10.9 Å². The van der Waals surface area contributed by atoms with E-state index in [0.29, 0.717) is 21.1 Å². The van der Waals surface area contributed by atoms with E-state index in [1.54, 1.807) is 6.07 Å². The molecule has 1 aromatic heterocycles. The molecule has 0 aliphatic rings. The lowest BCUT2D eigenvalue weighted by Crippen LogP contribution is -1.96. The maximum Gasteiger partial charge on any atom is 0.352 e. The minimum atomic E-state index is -2.76. The molecule has 90 valence electrons. The van der Waals surface area contributed by atoms with Crippen LogP contribution in [0, 0.1) is 0 Å². The second-order valence-electron chi connectivity index (χ2n) is 3.28. The lowest BCUT2D eigenvalue weighted by atomic mass is 10.2. The van der Waals surface area contributed by atoms with Crippen LogP contribution < -0.4 is 4.72 Å². The standard InChI is InChI=1S/C9H7BrN2O4S/c10-5-1-4-2-8(9(13)14)11-6(4)3-7(5)12-17(15)16/h1-3,11,17H,(H,13,14)(H,12,15,16). The average molecular weight is 319 g/mol. The number of nitrogens with one attached hydrogen (secondary N) is 2. The first-order valence-electron chi connectivity index (χ1n) is 4.44. The zero-order valence-corrected chi connectivity index (χ0v) is 10.7. The fourth-order valence-corrected chi connectivity index (χ4v) is 2.45. The molecule has 0 bridgehead atoms. The molecule has 0 amide bonds. The van der Waals surface area contributed by atoms with Crippen molar-refractivity contribution in [3.05, 3.63) is 28.4 Å². The molecular weight excluding hydrogens is 312 g/mol. The second-order valence-corrected chi connectivity index (χ2v) is 4.87. The normalized spacial score (nSPS) is 10.9. The Morgan fingerprint density at radius 3 is 2.65 bits per heavy atom. The van der Waals surface area contributed by atoms with E-state index in [4.69, 9.17) is 5.11 Å². The molecule has 0 aliphatic heterocycles. The Kier molecular flexibility index (Phi) is 3.07. The van der Waals surface area contributed by atoms with Crippen LogP contribution in [0.5, 0.6) is 0 Å². The van der Waals surface area contributed by atoms with Gasteiger partial charge in [0.1, 0.15) is 5.69 Å². The number of H-pyrrole nitrogens is 1. The molecule has 0 spiro atoms. The van der Waals surface area contributed by atoms with Gasteiger partial charge >= 0.3 is 5.97 Å². The molecule has 2 rings (SSSR count). The molecular formula is C9H7BrN2O4S. The van der Waals surface area contributed by atoms with Gasteiger partial charge in [0.25, 0.3) is 0 Å². The Morgan fingerprint density at radius 1 is 1.35 bits per heavy atom. The van der Waals surface area contributed by atoms with Crippen molar-refractivity contribution in [1.82, 2.24) is 4.98 Å². The summed E-state index contributed by atoms with van der Waals surface area (Å²) in [5.41, 5.74) is 0.952. The summed E-state index contributed by atoms with van der Waals surface area (Å²) in [4.78, 5) is 13.4. The predicted octanol–water partition coefficient (Wildman–Crippen LogP) is 1.57. The van der Waals surface area contributed by atoms with Gasteiger partial charge in [-0.3, -0.25) is 4.72 Å². The number of rotatable bonds is 3. The molecule has 1 heterocycles. The third-order valence-corrected chi connectivity index (χ3v) is 3.23. The van der Waals surface area contributed by atoms with E-state index in [-0.39, 0.29) is 5.69 Å². The Hall–Kier alpha value is -1.54. The van der Waals surface area contributed by atoms with Gasteiger partial charge in [0, 0.05) is 15.4 Å². The number of aromatic amines is 1. The molecule has 0 aliphatic carbocycles. The number of fused-ring (bicyclic) bond motifs is 1. The van der Waals surface area contributed by atoms with Crippen LogP contribution in [0.15, 0.2) is 22.7 Å². The van der Waals surface area contributed by atoms with Gasteiger partial charge in [-0.25, -0.2) is 13.2 Å². The highest BCUT2D eigenvalue weighted by Crippen LogP contribution is 2.28. The number of hydrogen-bond donors (Lipinski definition) is 4. The number of carboxylic acids is 1. The average Bonchev–Trinajstić information content (AvgIpc) is 2.60. The highest BCUT2D eigenvalue weighted by molar-refractivity contribution is 9.10. The van der Waals surface area contributed by atoms with E-state index >= 15 is 0 Å². The summed E-state index contributed by atoms with van der Waals surface area (Å²) in [6, 6.07) is 4.64. The van der Waals surface area contributed by atoms with Gasteiger partial charge in [0.2, 0.25) is 10.9 Å². The number of hydrogen-bond acceptors (Lipinski definition) is 3. The molecule has 17 heavy (non-hydrogen) atoms. The van der Waals surface area contributed by atoms with Crippen LogP contribution in [0.4, 0.5) is 5.69 Å². The Bertz CT molecular complexity index is 669. The molecule has 0 unspecified atom stereocenters. The van der Waals surface area contributed by atoms with Crippen LogP contribution in [-0.4, -0.2) is 24.5 Å². The number of anilines is 1. The number of aromatic nitrogens is 1. The van der Waals surface area contributed by atoms with Crippen LogP contribution in [0.3, 0.4) is 0 Å². The SMILES string of the molecule is O=C(O)c1cc2cc(Br)c(N[SH](=O)=O)cc2[nH]1. The number of halogens is 1. The number of thiol groups is 1. The lowest BCUT2D eigenvalue weighted by Gasteiger charge is -2.02. The molecule has 2 aromatic rings. The van der Waals surface area contributed by atoms with Crippen molar-refractivity contribution in [2.75, 3.05) is 4.72 Å². The molecule has 0 fully saturated rings. The number of aromatic carboxylic acids is 1. The molecule has 0 atom stereocenters. The fraction of sp³-hybridized carbons (Fsp3) is 0. The highest BCUT2D eigenvalue weighted by Gasteiger charge is 2.10. The molecule has 1 aromatic carbocycles. The monoisotopic (exact) mass is 318 g/mol. The molecule has 0 saturated carbocycles. The van der Waals surface area contributed by atoms with Gasteiger partial charge < -0.3 is 10.1 Å². The van der Waals surface area contributed by atoms with E-state index in [0.717, 1.165) is 0 Å². The van der Waals surface area contributed by atoms with E-state index in [1.165, 1.54) is 12.1 Å². The first-order valence-corrected chi connectivity index (χ1v) is 6.41.